The maximum Gasteiger partial charge on any atom is 0.326 e. The molecule has 0 aromatic rings. The van der Waals surface area contributed by atoms with Crippen molar-refractivity contribution in [2.45, 2.75) is 58.9 Å². The van der Waals surface area contributed by atoms with Crippen LogP contribution >= 0.6 is 11.8 Å². The zero-order valence-electron chi connectivity index (χ0n) is 16.1. The van der Waals surface area contributed by atoms with Crippen LogP contribution < -0.4 is 5.32 Å². The Labute approximate surface area is 159 Å². The molecule has 7 nitrogen and oxygen atoms in total. The van der Waals surface area contributed by atoms with E-state index in [1.807, 2.05) is 13.2 Å². The maximum atomic E-state index is 12.4. The SMILES string of the molecule is CCCCOC(=O)C(C)CC(=O)C(CC)C(=O)N[C@H](CCSC)C(=O)O. The van der Waals surface area contributed by atoms with Crippen molar-refractivity contribution < 1.29 is 29.0 Å². The Morgan fingerprint density at radius 1 is 1.19 bits per heavy atom. The number of carbonyl (C=O) groups is 4. The van der Waals surface area contributed by atoms with Gasteiger partial charge in [0.05, 0.1) is 18.4 Å². The minimum atomic E-state index is -1.12. The number of unbranched alkanes of at least 4 members (excludes halogenated alkanes) is 1. The molecular formula is C18H31NO6S. The molecule has 0 bridgehead atoms. The molecule has 0 aliphatic heterocycles. The molecular weight excluding hydrogens is 358 g/mol. The summed E-state index contributed by atoms with van der Waals surface area (Å²) in [5, 5.41) is 11.6. The van der Waals surface area contributed by atoms with Gasteiger partial charge >= 0.3 is 11.9 Å². The monoisotopic (exact) mass is 389 g/mol. The molecule has 0 saturated heterocycles. The summed E-state index contributed by atoms with van der Waals surface area (Å²) in [6.07, 6.45) is 3.95. The number of nitrogens with one attached hydrogen (secondary N) is 1. The van der Waals surface area contributed by atoms with E-state index in [2.05, 4.69) is 5.32 Å². The molecule has 0 spiro atoms. The molecule has 0 saturated carbocycles. The lowest BCUT2D eigenvalue weighted by atomic mass is 9.92. The second-order valence-corrected chi connectivity index (χ2v) is 7.22. The van der Waals surface area contributed by atoms with Gasteiger partial charge in [0, 0.05) is 6.42 Å². The molecule has 0 aromatic carbocycles. The zero-order chi connectivity index (χ0) is 20.1. The first kappa shape index (κ1) is 24.4. The Balaban J connectivity index is 4.72. The number of carboxylic acids is 1. The first-order valence-corrected chi connectivity index (χ1v) is 10.4. The minimum absolute atomic E-state index is 0.0978. The Kier molecular flexibility index (Phi) is 12.8. The molecule has 1 amide bonds. The van der Waals surface area contributed by atoms with Crippen LogP contribution in [0.25, 0.3) is 0 Å². The first-order valence-electron chi connectivity index (χ1n) is 8.99. The average molecular weight is 390 g/mol. The number of ether oxygens (including phenoxy) is 1. The van der Waals surface area contributed by atoms with E-state index in [1.165, 1.54) is 11.8 Å². The smallest absolute Gasteiger partial charge is 0.326 e. The first-order chi connectivity index (χ1) is 12.3. The fourth-order valence-corrected chi connectivity index (χ4v) is 2.78. The number of rotatable bonds is 14. The second kappa shape index (κ2) is 13.6. The maximum absolute atomic E-state index is 12.4. The molecule has 0 aliphatic carbocycles. The predicted molar refractivity (Wildman–Crippen MR) is 101 cm³/mol. The number of hydrogen-bond acceptors (Lipinski definition) is 6. The van der Waals surface area contributed by atoms with Gasteiger partial charge in [0.15, 0.2) is 0 Å². The van der Waals surface area contributed by atoms with Crippen LogP contribution in [0, 0.1) is 11.8 Å². The number of aliphatic carboxylic acids is 1. The average Bonchev–Trinajstić information content (AvgIpc) is 2.58. The second-order valence-electron chi connectivity index (χ2n) is 6.23. The molecule has 0 radical (unpaired) electrons. The molecule has 0 heterocycles. The number of carbonyl (C=O) groups excluding carboxylic acids is 3. The van der Waals surface area contributed by atoms with E-state index in [0.29, 0.717) is 12.4 Å². The highest BCUT2D eigenvalue weighted by molar-refractivity contribution is 7.98. The van der Waals surface area contributed by atoms with Gasteiger partial charge < -0.3 is 15.2 Å². The van der Waals surface area contributed by atoms with Crippen LogP contribution in [0.15, 0.2) is 0 Å². The molecule has 3 atom stereocenters. The van der Waals surface area contributed by atoms with Gasteiger partial charge in [-0.3, -0.25) is 14.4 Å². The highest BCUT2D eigenvalue weighted by Crippen LogP contribution is 2.15. The third kappa shape index (κ3) is 9.22. The predicted octanol–water partition coefficient (Wildman–Crippen LogP) is 2.27. The molecule has 2 unspecified atom stereocenters. The lowest BCUT2D eigenvalue weighted by Crippen LogP contribution is -2.45. The molecule has 26 heavy (non-hydrogen) atoms. The van der Waals surface area contributed by atoms with Crippen LogP contribution in [-0.4, -0.2) is 53.4 Å². The minimum Gasteiger partial charge on any atom is -0.480 e. The Hall–Kier alpha value is -1.57. The standard InChI is InChI=1S/C18H31NO6S/c1-5-7-9-25-18(24)12(3)11-15(20)13(6-2)16(21)19-14(17(22)23)8-10-26-4/h12-14H,5-11H2,1-4H3,(H,19,21)(H,22,23)/t12?,13?,14-/m1/s1. The topological polar surface area (TPSA) is 110 Å². The number of Topliss-reactive ketones (excluding diaryl/α,β-unsaturated/α-hetero) is 1. The van der Waals surface area contributed by atoms with Crippen molar-refractivity contribution in [2.75, 3.05) is 18.6 Å². The van der Waals surface area contributed by atoms with Gasteiger partial charge in [-0.25, -0.2) is 4.79 Å². The summed E-state index contributed by atoms with van der Waals surface area (Å²) in [6, 6.07) is -1.02. The van der Waals surface area contributed by atoms with Gasteiger partial charge in [0.2, 0.25) is 5.91 Å². The largest absolute Gasteiger partial charge is 0.480 e. The Morgan fingerprint density at radius 3 is 2.35 bits per heavy atom. The van der Waals surface area contributed by atoms with Crippen LogP contribution in [0.5, 0.6) is 0 Å². The number of carboxylic acid groups (broad SMARTS) is 1. The third-order valence-electron chi connectivity index (χ3n) is 3.99. The summed E-state index contributed by atoms with van der Waals surface area (Å²) in [6.45, 7) is 5.58. The van der Waals surface area contributed by atoms with Crippen molar-refractivity contribution >= 4 is 35.4 Å². The summed E-state index contributed by atoms with van der Waals surface area (Å²) >= 11 is 1.48. The van der Waals surface area contributed by atoms with Crippen molar-refractivity contribution in [3.8, 4) is 0 Å². The van der Waals surface area contributed by atoms with Crippen molar-refractivity contribution in [1.29, 1.82) is 0 Å². The van der Waals surface area contributed by atoms with E-state index in [-0.39, 0.29) is 25.0 Å². The zero-order valence-corrected chi connectivity index (χ0v) is 16.9. The van der Waals surface area contributed by atoms with Gasteiger partial charge in [0.1, 0.15) is 11.8 Å². The van der Waals surface area contributed by atoms with Crippen LogP contribution in [0.4, 0.5) is 0 Å². The molecule has 8 heteroatoms. The lowest BCUT2D eigenvalue weighted by Gasteiger charge is -2.19. The number of thioether (sulfide) groups is 1. The van der Waals surface area contributed by atoms with Crippen molar-refractivity contribution in [2.24, 2.45) is 11.8 Å². The third-order valence-corrected chi connectivity index (χ3v) is 4.63. The normalized spacial score (nSPS) is 14.2. The highest BCUT2D eigenvalue weighted by Gasteiger charge is 2.30. The van der Waals surface area contributed by atoms with Crippen LogP contribution in [0.3, 0.4) is 0 Å². The quantitative estimate of drug-likeness (QED) is 0.266. The highest BCUT2D eigenvalue weighted by atomic mass is 32.2. The van der Waals surface area contributed by atoms with Crippen molar-refractivity contribution in [1.82, 2.24) is 5.32 Å². The molecule has 0 aliphatic rings. The number of hydrogen-bond donors (Lipinski definition) is 2. The van der Waals surface area contributed by atoms with Crippen LogP contribution in [0.1, 0.15) is 52.9 Å². The summed E-state index contributed by atoms with van der Waals surface area (Å²) in [5.41, 5.74) is 0. The van der Waals surface area contributed by atoms with E-state index < -0.39 is 35.7 Å². The van der Waals surface area contributed by atoms with Gasteiger partial charge in [-0.15, -0.1) is 0 Å². The number of ketones is 1. The van der Waals surface area contributed by atoms with Crippen molar-refractivity contribution in [3.63, 3.8) is 0 Å². The molecule has 0 aromatic heterocycles. The fraction of sp³-hybridized carbons (Fsp3) is 0.778. The number of esters is 1. The fourth-order valence-electron chi connectivity index (χ4n) is 2.31. The Morgan fingerprint density at radius 2 is 1.85 bits per heavy atom. The molecule has 150 valence electrons. The van der Waals surface area contributed by atoms with E-state index in [9.17, 15) is 24.3 Å². The summed E-state index contributed by atoms with van der Waals surface area (Å²) < 4.78 is 5.09. The van der Waals surface area contributed by atoms with E-state index in [0.717, 1.165) is 12.8 Å². The Bertz CT molecular complexity index is 482. The van der Waals surface area contributed by atoms with E-state index >= 15 is 0 Å². The summed E-state index contributed by atoms with van der Waals surface area (Å²) in [4.78, 5) is 47.9. The van der Waals surface area contributed by atoms with Crippen molar-refractivity contribution in [3.05, 3.63) is 0 Å². The van der Waals surface area contributed by atoms with Crippen LogP contribution in [-0.2, 0) is 23.9 Å². The lowest BCUT2D eigenvalue weighted by molar-refractivity contribution is -0.150. The number of amides is 1. The summed E-state index contributed by atoms with van der Waals surface area (Å²) in [5.74, 6) is -3.56. The van der Waals surface area contributed by atoms with Crippen LogP contribution in [0.2, 0.25) is 0 Å². The van der Waals surface area contributed by atoms with E-state index in [1.54, 1.807) is 13.8 Å². The van der Waals surface area contributed by atoms with Gasteiger partial charge in [0.25, 0.3) is 0 Å². The molecule has 0 rings (SSSR count). The molecule has 0 fully saturated rings. The van der Waals surface area contributed by atoms with E-state index in [4.69, 9.17) is 4.74 Å². The van der Waals surface area contributed by atoms with Gasteiger partial charge in [-0.05, 0) is 31.3 Å². The van der Waals surface area contributed by atoms with Gasteiger partial charge in [-0.1, -0.05) is 27.2 Å². The molecule has 2 N–H and O–H groups in total. The summed E-state index contributed by atoms with van der Waals surface area (Å²) in [7, 11) is 0. The van der Waals surface area contributed by atoms with Gasteiger partial charge in [-0.2, -0.15) is 11.8 Å².